The number of carbonyl (C=O) groups is 1. The van der Waals surface area contributed by atoms with Gasteiger partial charge in [-0.15, -0.1) is 11.6 Å². The minimum atomic E-state index is -0.0225. The largest absolute Gasteiger partial charge is 0.342 e. The van der Waals surface area contributed by atoms with Gasteiger partial charge in [-0.3, -0.25) is 4.79 Å². The number of halogens is 1. The molecule has 1 heterocycles. The number of aromatic nitrogens is 2. The van der Waals surface area contributed by atoms with Crippen molar-refractivity contribution in [1.82, 2.24) is 9.97 Å². The van der Waals surface area contributed by atoms with Gasteiger partial charge in [0.05, 0.1) is 23.3 Å². The van der Waals surface area contributed by atoms with Crippen molar-refractivity contribution < 1.29 is 4.79 Å². The third kappa shape index (κ3) is 1.77. The van der Waals surface area contributed by atoms with Crippen LogP contribution in [0.2, 0.25) is 0 Å². The van der Waals surface area contributed by atoms with E-state index in [4.69, 9.17) is 11.6 Å². The molecule has 0 atom stereocenters. The second-order valence-electron chi connectivity index (χ2n) is 3.05. The van der Waals surface area contributed by atoms with Crippen molar-refractivity contribution in [3.05, 3.63) is 30.1 Å². The van der Waals surface area contributed by atoms with Crippen LogP contribution in [0.15, 0.2) is 24.3 Å². The number of rotatable bonds is 3. The number of hydrogen-bond acceptors (Lipinski definition) is 2. The van der Waals surface area contributed by atoms with Gasteiger partial charge in [-0.25, -0.2) is 4.98 Å². The molecule has 1 aromatic heterocycles. The van der Waals surface area contributed by atoms with Gasteiger partial charge in [0.25, 0.3) is 0 Å². The van der Waals surface area contributed by atoms with Gasteiger partial charge in [-0.2, -0.15) is 0 Å². The average Bonchev–Trinajstić information content (AvgIpc) is 2.59. The molecule has 1 N–H and O–H groups in total. The summed E-state index contributed by atoms with van der Waals surface area (Å²) in [7, 11) is 0. The number of para-hydroxylation sites is 2. The molecule has 0 bridgehead atoms. The van der Waals surface area contributed by atoms with E-state index in [1.807, 2.05) is 24.3 Å². The van der Waals surface area contributed by atoms with Crippen molar-refractivity contribution in [2.75, 3.05) is 5.88 Å². The van der Waals surface area contributed by atoms with E-state index in [-0.39, 0.29) is 18.1 Å². The first-order valence-corrected chi connectivity index (χ1v) is 4.84. The summed E-state index contributed by atoms with van der Waals surface area (Å²) in [6, 6.07) is 7.67. The molecule has 0 aliphatic rings. The number of alkyl halides is 1. The lowest BCUT2D eigenvalue weighted by molar-refractivity contribution is -0.116. The van der Waals surface area contributed by atoms with Gasteiger partial charge in [0.2, 0.25) is 0 Å². The lowest BCUT2D eigenvalue weighted by Gasteiger charge is -1.90. The smallest absolute Gasteiger partial charge is 0.155 e. The summed E-state index contributed by atoms with van der Waals surface area (Å²) < 4.78 is 0. The molecule has 4 heteroatoms. The van der Waals surface area contributed by atoms with Crippen molar-refractivity contribution >= 4 is 28.4 Å². The lowest BCUT2D eigenvalue weighted by atomic mass is 10.3. The summed E-state index contributed by atoms with van der Waals surface area (Å²) in [5.41, 5.74) is 1.83. The van der Waals surface area contributed by atoms with Gasteiger partial charge in [0.1, 0.15) is 5.82 Å². The van der Waals surface area contributed by atoms with Crippen LogP contribution in [0.4, 0.5) is 0 Å². The Kier molecular flexibility index (Phi) is 2.50. The maximum absolute atomic E-state index is 11.1. The van der Waals surface area contributed by atoms with Crippen molar-refractivity contribution in [3.8, 4) is 0 Å². The number of ketones is 1. The SMILES string of the molecule is O=C(CCl)Cc1nc2ccccc2[nH]1. The first kappa shape index (κ1) is 9.21. The fourth-order valence-corrected chi connectivity index (χ4v) is 1.42. The van der Waals surface area contributed by atoms with E-state index in [1.165, 1.54) is 0 Å². The Morgan fingerprint density at radius 3 is 2.93 bits per heavy atom. The van der Waals surface area contributed by atoms with Gasteiger partial charge in [-0.05, 0) is 12.1 Å². The van der Waals surface area contributed by atoms with Crippen LogP contribution in [0.1, 0.15) is 5.82 Å². The van der Waals surface area contributed by atoms with Crippen LogP contribution in [0, 0.1) is 0 Å². The van der Waals surface area contributed by atoms with Crippen LogP contribution in [-0.2, 0) is 11.2 Å². The van der Waals surface area contributed by atoms with E-state index in [2.05, 4.69) is 9.97 Å². The number of aromatic amines is 1. The Hall–Kier alpha value is -1.35. The van der Waals surface area contributed by atoms with E-state index >= 15 is 0 Å². The fraction of sp³-hybridized carbons (Fsp3) is 0.200. The standard InChI is InChI=1S/C10H9ClN2O/c11-6-7(14)5-10-12-8-3-1-2-4-9(8)13-10/h1-4H,5-6H2,(H,12,13). The van der Waals surface area contributed by atoms with Gasteiger partial charge in [0, 0.05) is 0 Å². The molecule has 1 aromatic carbocycles. The number of fused-ring (bicyclic) bond motifs is 1. The maximum atomic E-state index is 11.1. The summed E-state index contributed by atoms with van der Waals surface area (Å²) in [6.45, 7) is 0. The number of imidazole rings is 1. The number of benzene rings is 1. The van der Waals surface area contributed by atoms with Crippen LogP contribution in [0.3, 0.4) is 0 Å². The Labute approximate surface area is 86.1 Å². The minimum absolute atomic E-state index is 0.0225. The highest BCUT2D eigenvalue weighted by Crippen LogP contribution is 2.10. The third-order valence-corrected chi connectivity index (χ3v) is 2.25. The van der Waals surface area contributed by atoms with Crippen LogP contribution < -0.4 is 0 Å². The van der Waals surface area contributed by atoms with Crippen molar-refractivity contribution in [1.29, 1.82) is 0 Å². The molecule has 0 fully saturated rings. The predicted octanol–water partition coefficient (Wildman–Crippen LogP) is 1.91. The molecule has 0 aliphatic carbocycles. The molecular weight excluding hydrogens is 200 g/mol. The van der Waals surface area contributed by atoms with Crippen molar-refractivity contribution in [3.63, 3.8) is 0 Å². The predicted molar refractivity (Wildman–Crippen MR) is 55.5 cm³/mol. The van der Waals surface area contributed by atoms with E-state index in [0.717, 1.165) is 11.0 Å². The number of nitrogens with zero attached hydrogens (tertiary/aromatic N) is 1. The summed E-state index contributed by atoms with van der Waals surface area (Å²) in [5, 5.41) is 0. The van der Waals surface area contributed by atoms with Crippen molar-refractivity contribution in [2.24, 2.45) is 0 Å². The van der Waals surface area contributed by atoms with Gasteiger partial charge < -0.3 is 4.98 Å². The number of hydrogen-bond donors (Lipinski definition) is 1. The van der Waals surface area contributed by atoms with Crippen LogP contribution >= 0.6 is 11.6 Å². The molecular formula is C10H9ClN2O. The van der Waals surface area contributed by atoms with Gasteiger partial charge in [0.15, 0.2) is 5.78 Å². The average molecular weight is 209 g/mol. The number of carbonyl (C=O) groups excluding carboxylic acids is 1. The fourth-order valence-electron chi connectivity index (χ4n) is 1.32. The maximum Gasteiger partial charge on any atom is 0.155 e. The Morgan fingerprint density at radius 2 is 2.21 bits per heavy atom. The molecule has 0 saturated heterocycles. The zero-order valence-electron chi connectivity index (χ0n) is 7.46. The van der Waals surface area contributed by atoms with E-state index in [9.17, 15) is 4.79 Å². The summed E-state index contributed by atoms with van der Waals surface area (Å²) >= 11 is 5.41. The van der Waals surface area contributed by atoms with E-state index < -0.39 is 0 Å². The van der Waals surface area contributed by atoms with E-state index in [0.29, 0.717) is 5.82 Å². The third-order valence-electron chi connectivity index (χ3n) is 1.95. The second-order valence-corrected chi connectivity index (χ2v) is 3.32. The molecule has 0 radical (unpaired) electrons. The molecule has 0 spiro atoms. The van der Waals surface area contributed by atoms with Gasteiger partial charge in [-0.1, -0.05) is 12.1 Å². The number of nitrogens with one attached hydrogen (secondary N) is 1. The highest BCUT2D eigenvalue weighted by Gasteiger charge is 2.06. The molecule has 0 amide bonds. The molecule has 0 aliphatic heterocycles. The summed E-state index contributed by atoms with van der Waals surface area (Å²) in [4.78, 5) is 18.4. The van der Waals surface area contributed by atoms with E-state index in [1.54, 1.807) is 0 Å². The highest BCUT2D eigenvalue weighted by molar-refractivity contribution is 6.27. The minimum Gasteiger partial charge on any atom is -0.342 e. The summed E-state index contributed by atoms with van der Waals surface area (Å²) in [5.74, 6) is 0.694. The Morgan fingerprint density at radius 1 is 1.43 bits per heavy atom. The highest BCUT2D eigenvalue weighted by atomic mass is 35.5. The Balaban J connectivity index is 2.31. The number of Topliss-reactive ketones (excluding diaryl/α,β-unsaturated/α-hetero) is 1. The molecule has 14 heavy (non-hydrogen) atoms. The monoisotopic (exact) mass is 208 g/mol. The van der Waals surface area contributed by atoms with Crippen LogP contribution in [0.5, 0.6) is 0 Å². The zero-order valence-corrected chi connectivity index (χ0v) is 8.21. The van der Waals surface area contributed by atoms with Crippen LogP contribution in [0.25, 0.3) is 11.0 Å². The normalized spacial score (nSPS) is 10.6. The molecule has 3 nitrogen and oxygen atoms in total. The molecule has 0 saturated carbocycles. The Bertz CT molecular complexity index is 431. The van der Waals surface area contributed by atoms with Crippen molar-refractivity contribution in [2.45, 2.75) is 6.42 Å². The summed E-state index contributed by atoms with van der Waals surface area (Å²) in [6.07, 6.45) is 0.276. The lowest BCUT2D eigenvalue weighted by Crippen LogP contribution is -2.04. The molecule has 0 unspecified atom stereocenters. The molecule has 72 valence electrons. The first-order valence-electron chi connectivity index (χ1n) is 4.31. The first-order chi connectivity index (χ1) is 6.79. The quantitative estimate of drug-likeness (QED) is 0.784. The molecule has 2 aromatic rings. The molecule has 2 rings (SSSR count). The topological polar surface area (TPSA) is 45.8 Å². The number of H-pyrrole nitrogens is 1. The van der Waals surface area contributed by atoms with Gasteiger partial charge >= 0.3 is 0 Å². The zero-order chi connectivity index (χ0) is 9.97. The van der Waals surface area contributed by atoms with Crippen LogP contribution in [-0.4, -0.2) is 21.6 Å². The second kappa shape index (κ2) is 3.80.